The Hall–Kier alpha value is 0.280. The normalized spacial score (nSPS) is 11.1. The van der Waals surface area contributed by atoms with Gasteiger partial charge in [-0.05, 0) is 0 Å². The standard InChI is InChI=1S/2C7H9.2ClH.Hf/c1-6-4-3-5-7(6)2;1-2-7-5-3-4-6-7;;;/h3-5H,1-2H3;3,5H,2,4H2,1H3;2*1H;/q2*-1;;;+4/p-2. The summed E-state index contributed by atoms with van der Waals surface area (Å²) in [4.78, 5) is 0. The number of aryl methyl sites for hydroxylation is 2. The molecule has 0 heterocycles. The second-order valence-corrected chi connectivity index (χ2v) is 3.55. The van der Waals surface area contributed by atoms with Crippen LogP contribution in [0.4, 0.5) is 0 Å². The number of rotatable bonds is 1. The second kappa shape index (κ2) is 12.7. The Bertz CT molecular complexity index is 321. The Morgan fingerprint density at radius 1 is 1.35 bits per heavy atom. The van der Waals surface area contributed by atoms with E-state index in [1.165, 1.54) is 16.7 Å². The van der Waals surface area contributed by atoms with Crippen LogP contribution in [0.5, 0.6) is 0 Å². The molecule has 0 saturated heterocycles. The first-order valence-corrected chi connectivity index (χ1v) is 5.19. The third kappa shape index (κ3) is 8.93. The summed E-state index contributed by atoms with van der Waals surface area (Å²) >= 11 is 0. The van der Waals surface area contributed by atoms with Gasteiger partial charge in [-0.3, -0.25) is 6.08 Å². The van der Waals surface area contributed by atoms with Crippen LogP contribution in [-0.4, -0.2) is 0 Å². The van der Waals surface area contributed by atoms with Gasteiger partial charge in [0.15, 0.2) is 0 Å². The molecule has 2 rings (SSSR count). The van der Waals surface area contributed by atoms with E-state index in [0.29, 0.717) is 0 Å². The van der Waals surface area contributed by atoms with Crippen LogP contribution in [0.2, 0.25) is 0 Å². The van der Waals surface area contributed by atoms with Gasteiger partial charge in [0.2, 0.25) is 0 Å². The topological polar surface area (TPSA) is 0 Å². The van der Waals surface area contributed by atoms with Crippen molar-refractivity contribution in [1.29, 1.82) is 0 Å². The summed E-state index contributed by atoms with van der Waals surface area (Å²) in [6.45, 7) is 6.39. The zero-order chi connectivity index (χ0) is 10.4. The molecule has 0 N–H and O–H groups in total. The first kappa shape index (κ1) is 22.5. The molecule has 1 aliphatic carbocycles. The minimum absolute atomic E-state index is 0. The van der Waals surface area contributed by atoms with Gasteiger partial charge in [0.1, 0.15) is 0 Å². The van der Waals surface area contributed by atoms with Gasteiger partial charge >= 0.3 is 25.8 Å². The van der Waals surface area contributed by atoms with Gasteiger partial charge in [-0.25, -0.2) is 23.8 Å². The van der Waals surface area contributed by atoms with Gasteiger partial charge in [0.25, 0.3) is 0 Å². The van der Waals surface area contributed by atoms with Crippen molar-refractivity contribution in [2.75, 3.05) is 0 Å². The van der Waals surface area contributed by atoms with Gasteiger partial charge in [-0.15, -0.1) is 6.42 Å². The van der Waals surface area contributed by atoms with Gasteiger partial charge in [-0.1, -0.05) is 27.2 Å². The molecule has 0 radical (unpaired) electrons. The van der Waals surface area contributed by atoms with Gasteiger partial charge in [0, 0.05) is 0 Å². The molecule has 0 saturated carbocycles. The van der Waals surface area contributed by atoms with Crippen molar-refractivity contribution >= 4 is 0 Å². The summed E-state index contributed by atoms with van der Waals surface area (Å²) in [6, 6.07) is 6.31. The fourth-order valence-corrected chi connectivity index (χ4v) is 1.29. The Kier molecular flexibility index (Phi) is 16.8. The molecule has 0 unspecified atom stereocenters. The van der Waals surface area contributed by atoms with Crippen LogP contribution in [0.15, 0.2) is 35.9 Å². The first-order chi connectivity index (χ1) is 6.74. The van der Waals surface area contributed by atoms with Crippen LogP contribution >= 0.6 is 0 Å². The van der Waals surface area contributed by atoms with E-state index in [-0.39, 0.29) is 50.7 Å². The molecule has 0 spiro atoms. The molecular weight excluding hydrogens is 418 g/mol. The Labute approximate surface area is 137 Å². The van der Waals surface area contributed by atoms with E-state index >= 15 is 0 Å². The second-order valence-electron chi connectivity index (χ2n) is 3.55. The largest absolute Gasteiger partial charge is 4.00 e. The molecule has 1 aliphatic rings. The third-order valence-corrected chi connectivity index (χ3v) is 2.46. The van der Waals surface area contributed by atoms with E-state index in [2.05, 4.69) is 57.2 Å². The van der Waals surface area contributed by atoms with Crippen molar-refractivity contribution in [1.82, 2.24) is 0 Å². The van der Waals surface area contributed by atoms with E-state index in [1.54, 1.807) is 0 Å². The molecule has 0 aromatic heterocycles. The summed E-state index contributed by atoms with van der Waals surface area (Å²) < 4.78 is 0. The van der Waals surface area contributed by atoms with Crippen LogP contribution in [0, 0.1) is 19.9 Å². The smallest absolute Gasteiger partial charge is 1.00 e. The maximum Gasteiger partial charge on any atom is 4.00 e. The predicted octanol–water partition coefficient (Wildman–Crippen LogP) is -1.89. The molecular formula is C14H18Cl2Hf. The summed E-state index contributed by atoms with van der Waals surface area (Å²) in [5.74, 6) is 0. The van der Waals surface area contributed by atoms with Crippen molar-refractivity contribution in [2.24, 2.45) is 0 Å². The minimum atomic E-state index is 0. The molecule has 0 amide bonds. The number of allylic oxidation sites excluding steroid dienone is 4. The molecule has 0 fully saturated rings. The minimum Gasteiger partial charge on any atom is -1.00 e. The average molecular weight is 436 g/mol. The third-order valence-electron chi connectivity index (χ3n) is 2.46. The summed E-state index contributed by atoms with van der Waals surface area (Å²) in [5.41, 5.74) is 4.14. The molecule has 1 aromatic carbocycles. The summed E-state index contributed by atoms with van der Waals surface area (Å²) in [7, 11) is 0. The predicted molar refractivity (Wildman–Crippen MR) is 62.3 cm³/mol. The summed E-state index contributed by atoms with van der Waals surface area (Å²) in [5, 5.41) is 0. The van der Waals surface area contributed by atoms with Crippen LogP contribution in [-0.2, 0) is 25.8 Å². The molecule has 17 heavy (non-hydrogen) atoms. The van der Waals surface area contributed by atoms with Crippen LogP contribution in [0.25, 0.3) is 0 Å². The van der Waals surface area contributed by atoms with Gasteiger partial charge in [0.05, 0.1) is 0 Å². The van der Waals surface area contributed by atoms with Crippen LogP contribution in [0.1, 0.15) is 30.9 Å². The average Bonchev–Trinajstić information content (AvgIpc) is 2.80. The molecule has 1 aromatic rings. The van der Waals surface area contributed by atoms with E-state index in [9.17, 15) is 0 Å². The zero-order valence-corrected chi connectivity index (χ0v) is 15.7. The molecule has 0 nitrogen and oxygen atoms in total. The fourth-order valence-electron chi connectivity index (χ4n) is 1.29. The van der Waals surface area contributed by atoms with E-state index in [1.807, 2.05) is 0 Å². The first-order valence-electron chi connectivity index (χ1n) is 5.19. The maximum atomic E-state index is 3.21. The monoisotopic (exact) mass is 436 g/mol. The Morgan fingerprint density at radius 2 is 2.00 bits per heavy atom. The quantitative estimate of drug-likeness (QED) is 0.358. The Morgan fingerprint density at radius 3 is 2.18 bits per heavy atom. The van der Waals surface area contributed by atoms with Crippen molar-refractivity contribution in [3.05, 3.63) is 53.1 Å². The Balaban J connectivity index is -0.000000196. The van der Waals surface area contributed by atoms with Crippen LogP contribution < -0.4 is 24.8 Å². The van der Waals surface area contributed by atoms with Crippen molar-refractivity contribution in [3.8, 4) is 0 Å². The molecule has 0 bridgehead atoms. The number of hydrogen-bond donors (Lipinski definition) is 0. The number of hydrogen-bond acceptors (Lipinski definition) is 0. The molecule has 0 aliphatic heterocycles. The molecule has 92 valence electrons. The zero-order valence-electron chi connectivity index (χ0n) is 10.6. The van der Waals surface area contributed by atoms with Crippen molar-refractivity contribution in [2.45, 2.75) is 33.6 Å². The van der Waals surface area contributed by atoms with Crippen molar-refractivity contribution < 1.29 is 50.7 Å². The maximum absolute atomic E-state index is 3.21. The fraction of sp³-hybridized carbons (Fsp3) is 0.357. The summed E-state index contributed by atoms with van der Waals surface area (Å²) in [6.07, 6.45) is 9.65. The molecule has 0 atom stereocenters. The number of halogens is 2. The molecule has 3 heteroatoms. The van der Waals surface area contributed by atoms with Crippen molar-refractivity contribution in [3.63, 3.8) is 0 Å². The van der Waals surface area contributed by atoms with E-state index in [4.69, 9.17) is 0 Å². The van der Waals surface area contributed by atoms with Crippen LogP contribution in [0.3, 0.4) is 0 Å². The van der Waals surface area contributed by atoms with Gasteiger partial charge < -0.3 is 24.8 Å². The van der Waals surface area contributed by atoms with Gasteiger partial charge in [-0.2, -0.15) is 23.3 Å². The SMILES string of the molecule is CCC1=[C-]CC=C1.Cc1ccc[c-]1C.[Cl-].[Cl-].[Hf+4]. The van der Waals surface area contributed by atoms with E-state index < -0.39 is 0 Å². The van der Waals surface area contributed by atoms with E-state index in [0.717, 1.165) is 12.8 Å².